The lowest BCUT2D eigenvalue weighted by atomic mass is 9.98. The SMILES string of the molecule is CCOC(=O)NNC1N=C(c2ccccc2)c2ccc(CCO)cc2-n2c(CCc3c(C)noc3C)nnc21. The lowest BCUT2D eigenvalue weighted by Crippen LogP contribution is -2.40. The quantitative estimate of drug-likeness (QED) is 0.281. The van der Waals surface area contributed by atoms with Crippen molar-refractivity contribution >= 4 is 11.8 Å². The zero-order chi connectivity index (χ0) is 27.4. The molecule has 0 aliphatic carbocycles. The van der Waals surface area contributed by atoms with Gasteiger partial charge in [0.15, 0.2) is 12.0 Å². The fourth-order valence-corrected chi connectivity index (χ4v) is 4.75. The van der Waals surface area contributed by atoms with E-state index in [0.29, 0.717) is 25.1 Å². The number of aryl methyl sites for hydroxylation is 3. The Morgan fingerprint density at radius 1 is 1.10 bits per heavy atom. The van der Waals surface area contributed by atoms with E-state index in [-0.39, 0.29) is 13.2 Å². The van der Waals surface area contributed by atoms with Crippen molar-refractivity contribution in [2.45, 2.75) is 46.2 Å². The molecule has 0 spiro atoms. The van der Waals surface area contributed by atoms with Crippen LogP contribution < -0.4 is 10.9 Å². The molecular weight excluding hydrogens is 498 g/mol. The standard InChI is InChI=1S/C28H31N7O4/c1-4-38-28(37)33-31-26-27-32-30-24(13-12-21-17(2)34-39-18(21)3)35(27)23-16-19(14-15-36)10-11-22(23)25(29-26)20-8-6-5-7-9-20/h5-11,16,26,31,36H,4,12-15H2,1-3H3,(H,33,37). The van der Waals surface area contributed by atoms with Crippen LogP contribution in [0.15, 0.2) is 58.0 Å². The predicted molar refractivity (Wildman–Crippen MR) is 144 cm³/mol. The highest BCUT2D eigenvalue weighted by Crippen LogP contribution is 2.31. The molecule has 11 nitrogen and oxygen atoms in total. The van der Waals surface area contributed by atoms with Gasteiger partial charge in [0.05, 0.1) is 23.7 Å². The van der Waals surface area contributed by atoms with Crippen molar-refractivity contribution < 1.29 is 19.2 Å². The molecule has 2 aromatic heterocycles. The Hall–Kier alpha value is -4.35. The molecule has 5 rings (SSSR count). The minimum atomic E-state index is -0.765. The number of fused-ring (bicyclic) bond motifs is 3. The van der Waals surface area contributed by atoms with E-state index in [2.05, 4.69) is 26.2 Å². The second kappa shape index (κ2) is 11.6. The Labute approximate surface area is 225 Å². The Morgan fingerprint density at radius 3 is 2.64 bits per heavy atom. The third-order valence-corrected chi connectivity index (χ3v) is 6.63. The maximum Gasteiger partial charge on any atom is 0.421 e. The van der Waals surface area contributed by atoms with E-state index in [1.165, 1.54) is 0 Å². The van der Waals surface area contributed by atoms with E-state index in [0.717, 1.165) is 50.9 Å². The summed E-state index contributed by atoms with van der Waals surface area (Å²) in [6.45, 7) is 5.82. The minimum absolute atomic E-state index is 0.0278. The molecule has 11 heteroatoms. The monoisotopic (exact) mass is 529 g/mol. The van der Waals surface area contributed by atoms with Crippen molar-refractivity contribution in [3.05, 3.63) is 93.9 Å². The third kappa shape index (κ3) is 5.45. The molecule has 4 aromatic rings. The van der Waals surface area contributed by atoms with Crippen LogP contribution in [-0.2, 0) is 24.0 Å². The summed E-state index contributed by atoms with van der Waals surface area (Å²) in [5, 5.41) is 22.8. The molecule has 2 aromatic carbocycles. The van der Waals surface area contributed by atoms with Gasteiger partial charge in [0, 0.05) is 29.7 Å². The van der Waals surface area contributed by atoms with E-state index in [1.54, 1.807) is 6.92 Å². The second-order valence-electron chi connectivity index (χ2n) is 9.17. The summed E-state index contributed by atoms with van der Waals surface area (Å²) >= 11 is 0. The molecule has 1 unspecified atom stereocenters. The number of nitrogens with one attached hydrogen (secondary N) is 2. The number of benzene rings is 2. The highest BCUT2D eigenvalue weighted by molar-refractivity contribution is 6.15. The van der Waals surface area contributed by atoms with E-state index in [1.807, 2.05) is 66.9 Å². The van der Waals surface area contributed by atoms with Gasteiger partial charge in [-0.1, -0.05) is 47.6 Å². The number of rotatable bonds is 9. The number of aliphatic hydroxyl groups excluding tert-OH is 1. The number of nitrogens with zero attached hydrogens (tertiary/aromatic N) is 5. The fourth-order valence-electron chi connectivity index (χ4n) is 4.75. The highest BCUT2D eigenvalue weighted by Gasteiger charge is 2.30. The van der Waals surface area contributed by atoms with E-state index >= 15 is 0 Å². The van der Waals surface area contributed by atoms with Gasteiger partial charge in [-0.05, 0) is 45.2 Å². The number of aliphatic hydroxyl groups is 1. The molecule has 1 atom stereocenters. The summed E-state index contributed by atoms with van der Waals surface area (Å²) in [7, 11) is 0. The first-order valence-corrected chi connectivity index (χ1v) is 12.9. The van der Waals surface area contributed by atoms with Crippen LogP contribution in [0.2, 0.25) is 0 Å². The second-order valence-corrected chi connectivity index (χ2v) is 9.17. The molecule has 202 valence electrons. The summed E-state index contributed by atoms with van der Waals surface area (Å²) in [5.41, 5.74) is 11.8. The highest BCUT2D eigenvalue weighted by atomic mass is 16.5. The maximum absolute atomic E-state index is 12.1. The first-order chi connectivity index (χ1) is 19.0. The van der Waals surface area contributed by atoms with Gasteiger partial charge < -0.3 is 14.4 Å². The zero-order valence-corrected chi connectivity index (χ0v) is 22.1. The first-order valence-electron chi connectivity index (χ1n) is 12.9. The fraction of sp³-hybridized carbons (Fsp3) is 0.321. The lowest BCUT2D eigenvalue weighted by molar-refractivity contribution is 0.145. The summed E-state index contributed by atoms with van der Waals surface area (Å²) < 4.78 is 12.4. The lowest BCUT2D eigenvalue weighted by Gasteiger charge is -2.16. The van der Waals surface area contributed by atoms with Crippen molar-refractivity contribution in [1.29, 1.82) is 0 Å². The summed E-state index contributed by atoms with van der Waals surface area (Å²) in [5.74, 6) is 2.01. The van der Waals surface area contributed by atoms with Crippen LogP contribution in [0.4, 0.5) is 4.79 Å². The number of ether oxygens (including phenoxy) is 1. The van der Waals surface area contributed by atoms with E-state index < -0.39 is 12.3 Å². The van der Waals surface area contributed by atoms with Crippen molar-refractivity contribution in [2.75, 3.05) is 13.2 Å². The Morgan fingerprint density at radius 2 is 1.92 bits per heavy atom. The van der Waals surface area contributed by atoms with Crippen LogP contribution in [0.5, 0.6) is 0 Å². The molecule has 1 aliphatic rings. The molecule has 0 fully saturated rings. The first kappa shape index (κ1) is 26.3. The number of hydrogen-bond donors (Lipinski definition) is 3. The van der Waals surface area contributed by atoms with Crippen LogP contribution in [0.1, 0.15) is 58.4 Å². The van der Waals surface area contributed by atoms with Gasteiger partial charge in [-0.25, -0.2) is 10.2 Å². The number of aliphatic imine (C=N–C) groups is 1. The molecule has 0 saturated heterocycles. The van der Waals surface area contributed by atoms with Crippen LogP contribution in [0.25, 0.3) is 5.69 Å². The van der Waals surface area contributed by atoms with Crippen molar-refractivity contribution in [3.63, 3.8) is 0 Å². The van der Waals surface area contributed by atoms with E-state index in [4.69, 9.17) is 14.3 Å². The van der Waals surface area contributed by atoms with Gasteiger partial charge in [-0.3, -0.25) is 15.0 Å². The normalized spacial score (nSPS) is 14.3. The Bertz CT molecular complexity index is 1470. The Balaban J connectivity index is 1.64. The molecule has 3 heterocycles. The third-order valence-electron chi connectivity index (χ3n) is 6.63. The van der Waals surface area contributed by atoms with E-state index in [9.17, 15) is 9.90 Å². The molecule has 0 saturated carbocycles. The van der Waals surface area contributed by atoms with Gasteiger partial charge in [0.2, 0.25) is 0 Å². The largest absolute Gasteiger partial charge is 0.449 e. The Kier molecular flexibility index (Phi) is 7.80. The molecule has 3 N–H and O–H groups in total. The smallest absolute Gasteiger partial charge is 0.421 e. The topological polar surface area (TPSA) is 140 Å². The van der Waals surface area contributed by atoms with Crippen molar-refractivity contribution in [3.8, 4) is 5.69 Å². The summed E-state index contributed by atoms with van der Waals surface area (Å²) in [6, 6.07) is 15.9. The summed E-state index contributed by atoms with van der Waals surface area (Å²) in [6.07, 6.45) is 0.349. The van der Waals surface area contributed by atoms with Crippen molar-refractivity contribution in [2.24, 2.45) is 4.99 Å². The molecule has 1 aliphatic heterocycles. The number of carbonyl (C=O) groups excluding carboxylic acids is 1. The van der Waals surface area contributed by atoms with Gasteiger partial charge in [-0.15, -0.1) is 10.2 Å². The minimum Gasteiger partial charge on any atom is -0.449 e. The van der Waals surface area contributed by atoms with Gasteiger partial charge >= 0.3 is 6.09 Å². The average molecular weight is 530 g/mol. The van der Waals surface area contributed by atoms with Crippen LogP contribution in [0.3, 0.4) is 0 Å². The van der Waals surface area contributed by atoms with Crippen LogP contribution >= 0.6 is 0 Å². The van der Waals surface area contributed by atoms with Gasteiger partial charge in [0.1, 0.15) is 11.6 Å². The number of carbonyl (C=O) groups is 1. The molecule has 39 heavy (non-hydrogen) atoms. The number of aromatic nitrogens is 4. The van der Waals surface area contributed by atoms with Crippen LogP contribution in [-0.4, -0.2) is 50.0 Å². The van der Waals surface area contributed by atoms with Gasteiger partial charge in [0.25, 0.3) is 0 Å². The zero-order valence-electron chi connectivity index (χ0n) is 22.1. The van der Waals surface area contributed by atoms with Gasteiger partial charge in [-0.2, -0.15) is 0 Å². The number of hydrazine groups is 1. The average Bonchev–Trinajstić information content (AvgIpc) is 3.46. The summed E-state index contributed by atoms with van der Waals surface area (Å²) in [4.78, 5) is 17.2. The molecule has 0 radical (unpaired) electrons. The number of hydrogen-bond acceptors (Lipinski definition) is 9. The molecule has 1 amide bonds. The number of amides is 1. The molecular formula is C28H31N7O4. The van der Waals surface area contributed by atoms with Crippen LogP contribution in [0, 0.1) is 13.8 Å². The van der Waals surface area contributed by atoms with Crippen molar-refractivity contribution in [1.82, 2.24) is 30.8 Å². The molecule has 0 bridgehead atoms. The predicted octanol–water partition coefficient (Wildman–Crippen LogP) is 3.29. The maximum atomic E-state index is 12.1.